The molecule has 9 nitrogen and oxygen atoms in total. The van der Waals surface area contributed by atoms with Crippen molar-refractivity contribution in [3.63, 3.8) is 0 Å². The van der Waals surface area contributed by atoms with E-state index in [0.717, 1.165) is 30.3 Å². The lowest BCUT2D eigenvalue weighted by molar-refractivity contribution is -0.385. The Kier molecular flexibility index (Phi) is 5.29. The normalized spacial score (nSPS) is 9.96. The molecule has 1 amide bonds. The minimum absolute atomic E-state index is 0.0919. The van der Waals surface area contributed by atoms with Crippen molar-refractivity contribution in [1.29, 1.82) is 0 Å². The van der Waals surface area contributed by atoms with Gasteiger partial charge in [0.25, 0.3) is 17.3 Å². The Balaban J connectivity index is 2.07. The van der Waals surface area contributed by atoms with Crippen LogP contribution in [0.15, 0.2) is 42.5 Å². The molecule has 0 heterocycles. The van der Waals surface area contributed by atoms with Crippen LogP contribution in [-0.4, -0.2) is 20.9 Å². The number of carbonyl (C=O) groups is 1. The van der Waals surface area contributed by atoms with Gasteiger partial charge >= 0.3 is 0 Å². The van der Waals surface area contributed by atoms with E-state index in [9.17, 15) is 29.4 Å². The highest BCUT2D eigenvalue weighted by Gasteiger charge is 2.14. The number of rotatable bonds is 4. The molecule has 2 aromatic rings. The molecule has 0 radical (unpaired) electrons. The zero-order valence-corrected chi connectivity index (χ0v) is 13.1. The number of thiocarbonyl (C=S) groups is 1. The first-order valence-corrected chi connectivity index (χ1v) is 6.99. The molecular formula is C14H9FN4O5S. The molecule has 0 aliphatic rings. The van der Waals surface area contributed by atoms with Crippen molar-refractivity contribution >= 4 is 40.3 Å². The predicted molar refractivity (Wildman–Crippen MR) is 89.8 cm³/mol. The van der Waals surface area contributed by atoms with Crippen LogP contribution in [0, 0.1) is 26.0 Å². The van der Waals surface area contributed by atoms with Crippen molar-refractivity contribution in [3.8, 4) is 0 Å². The molecule has 2 N–H and O–H groups in total. The molecule has 0 atom stereocenters. The van der Waals surface area contributed by atoms with Gasteiger partial charge in [0.05, 0.1) is 15.5 Å². The molecular weight excluding hydrogens is 355 g/mol. The molecule has 0 unspecified atom stereocenters. The van der Waals surface area contributed by atoms with Gasteiger partial charge in [0.2, 0.25) is 0 Å². The number of anilines is 1. The van der Waals surface area contributed by atoms with E-state index >= 15 is 0 Å². The maximum absolute atomic E-state index is 13.7. The first-order valence-electron chi connectivity index (χ1n) is 6.58. The van der Waals surface area contributed by atoms with Gasteiger partial charge in [-0.2, -0.15) is 0 Å². The summed E-state index contributed by atoms with van der Waals surface area (Å²) in [6.07, 6.45) is 0. The van der Waals surface area contributed by atoms with E-state index < -0.39 is 21.6 Å². The van der Waals surface area contributed by atoms with E-state index in [2.05, 4.69) is 10.6 Å². The average molecular weight is 364 g/mol. The number of carbonyl (C=O) groups excluding carboxylic acids is 1. The number of nitrogens with one attached hydrogen (secondary N) is 2. The fraction of sp³-hybridized carbons (Fsp3) is 0. The maximum Gasteiger partial charge on any atom is 0.271 e. The third kappa shape index (κ3) is 4.51. The largest absolute Gasteiger partial charge is 0.330 e. The molecule has 0 aliphatic heterocycles. The summed E-state index contributed by atoms with van der Waals surface area (Å²) < 4.78 is 13.7. The van der Waals surface area contributed by atoms with Gasteiger partial charge in [-0.1, -0.05) is 0 Å². The average Bonchev–Trinajstić information content (AvgIpc) is 2.56. The Morgan fingerprint density at radius 1 is 1.00 bits per heavy atom. The molecule has 0 spiro atoms. The summed E-state index contributed by atoms with van der Waals surface area (Å²) in [5.74, 6) is -1.48. The number of benzene rings is 2. The van der Waals surface area contributed by atoms with Crippen molar-refractivity contribution in [3.05, 3.63) is 74.1 Å². The Bertz CT molecular complexity index is 872. The van der Waals surface area contributed by atoms with E-state index in [0.29, 0.717) is 0 Å². The number of amides is 1. The highest BCUT2D eigenvalue weighted by atomic mass is 32.1. The van der Waals surface area contributed by atoms with Crippen LogP contribution in [-0.2, 0) is 0 Å². The highest BCUT2D eigenvalue weighted by Crippen LogP contribution is 2.21. The number of halogens is 1. The molecule has 2 rings (SSSR count). The molecule has 11 heteroatoms. The number of non-ortho nitro benzene ring substituents is 2. The fourth-order valence-corrected chi connectivity index (χ4v) is 1.99. The van der Waals surface area contributed by atoms with Crippen LogP contribution in [0.2, 0.25) is 0 Å². The van der Waals surface area contributed by atoms with Crippen LogP contribution in [0.1, 0.15) is 10.4 Å². The standard InChI is InChI=1S/C14H9FN4O5S/c15-11-6-5-10(19(23)24)7-12(11)16-14(25)17-13(20)8-1-3-9(4-2-8)18(21)22/h1-7H,(H2,16,17,20,25). The molecule has 0 aromatic heterocycles. The van der Waals surface area contributed by atoms with Gasteiger partial charge in [0.1, 0.15) is 5.82 Å². The molecule has 0 saturated carbocycles. The van der Waals surface area contributed by atoms with Crippen molar-refractivity contribution in [2.75, 3.05) is 5.32 Å². The van der Waals surface area contributed by atoms with Crippen molar-refractivity contribution in [1.82, 2.24) is 5.32 Å². The summed E-state index contributed by atoms with van der Waals surface area (Å²) in [6, 6.07) is 7.55. The van der Waals surface area contributed by atoms with E-state index in [1.807, 2.05) is 0 Å². The summed E-state index contributed by atoms with van der Waals surface area (Å²) in [5.41, 5.74) is -0.721. The Hall–Kier alpha value is -3.47. The summed E-state index contributed by atoms with van der Waals surface area (Å²) >= 11 is 4.86. The van der Waals surface area contributed by atoms with Crippen LogP contribution >= 0.6 is 12.2 Å². The molecule has 0 fully saturated rings. The molecule has 0 aliphatic carbocycles. The molecule has 25 heavy (non-hydrogen) atoms. The number of nitro benzene ring substituents is 2. The smallest absolute Gasteiger partial charge is 0.271 e. The summed E-state index contributed by atoms with van der Waals surface area (Å²) in [5, 5.41) is 25.6. The number of nitro groups is 2. The van der Waals surface area contributed by atoms with Gasteiger partial charge in [-0.25, -0.2) is 4.39 Å². The lowest BCUT2D eigenvalue weighted by Crippen LogP contribution is -2.34. The zero-order valence-electron chi connectivity index (χ0n) is 12.3. The van der Waals surface area contributed by atoms with Crippen molar-refractivity contribution in [2.45, 2.75) is 0 Å². The zero-order chi connectivity index (χ0) is 18.6. The summed E-state index contributed by atoms with van der Waals surface area (Å²) in [4.78, 5) is 31.9. The van der Waals surface area contributed by atoms with Gasteiger partial charge < -0.3 is 5.32 Å². The summed E-state index contributed by atoms with van der Waals surface area (Å²) in [7, 11) is 0. The highest BCUT2D eigenvalue weighted by molar-refractivity contribution is 7.80. The Labute approximate surface area is 144 Å². The van der Waals surface area contributed by atoms with Gasteiger partial charge in [-0.3, -0.25) is 30.3 Å². The first-order chi connectivity index (χ1) is 11.8. The minimum atomic E-state index is -0.794. The molecule has 128 valence electrons. The third-order valence-corrected chi connectivity index (χ3v) is 3.18. The van der Waals surface area contributed by atoms with Crippen LogP contribution < -0.4 is 10.6 Å². The van der Waals surface area contributed by atoms with Gasteiger partial charge in [-0.15, -0.1) is 0 Å². The van der Waals surface area contributed by atoms with Crippen molar-refractivity contribution < 1.29 is 19.0 Å². The topological polar surface area (TPSA) is 127 Å². The maximum atomic E-state index is 13.7. The van der Waals surface area contributed by atoms with E-state index in [1.54, 1.807) is 0 Å². The first kappa shape index (κ1) is 17.9. The number of nitrogens with zero attached hydrogens (tertiary/aromatic N) is 2. The van der Waals surface area contributed by atoms with E-state index in [1.165, 1.54) is 12.1 Å². The monoisotopic (exact) mass is 364 g/mol. The Morgan fingerprint density at radius 2 is 1.56 bits per heavy atom. The van der Waals surface area contributed by atoms with Crippen molar-refractivity contribution in [2.24, 2.45) is 0 Å². The quantitative estimate of drug-likeness (QED) is 0.485. The number of hydrogen-bond acceptors (Lipinski definition) is 6. The van der Waals surface area contributed by atoms with Crippen LogP contribution in [0.3, 0.4) is 0 Å². The second kappa shape index (κ2) is 7.40. The minimum Gasteiger partial charge on any atom is -0.330 e. The van der Waals surface area contributed by atoms with E-state index in [4.69, 9.17) is 12.2 Å². The van der Waals surface area contributed by atoms with Crippen LogP contribution in [0.4, 0.5) is 21.5 Å². The summed E-state index contributed by atoms with van der Waals surface area (Å²) in [6.45, 7) is 0. The van der Waals surface area contributed by atoms with Gasteiger partial charge in [0.15, 0.2) is 5.11 Å². The molecule has 0 saturated heterocycles. The SMILES string of the molecule is O=C(NC(=S)Nc1cc([N+](=O)[O-])ccc1F)c1ccc([N+](=O)[O-])cc1. The van der Waals surface area contributed by atoms with Crippen LogP contribution in [0.25, 0.3) is 0 Å². The second-order valence-electron chi connectivity index (χ2n) is 4.63. The van der Waals surface area contributed by atoms with Gasteiger partial charge in [-0.05, 0) is 30.4 Å². The number of hydrogen-bond donors (Lipinski definition) is 2. The molecule has 2 aromatic carbocycles. The lowest BCUT2D eigenvalue weighted by Gasteiger charge is -2.10. The fourth-order valence-electron chi connectivity index (χ4n) is 1.79. The Morgan fingerprint density at radius 3 is 2.12 bits per heavy atom. The van der Waals surface area contributed by atoms with E-state index in [-0.39, 0.29) is 27.7 Å². The van der Waals surface area contributed by atoms with Gasteiger partial charge in [0, 0.05) is 29.8 Å². The predicted octanol–water partition coefficient (Wildman–Crippen LogP) is 2.77. The molecule has 0 bridgehead atoms. The third-order valence-electron chi connectivity index (χ3n) is 2.98. The lowest BCUT2D eigenvalue weighted by atomic mass is 10.2. The van der Waals surface area contributed by atoms with Crippen LogP contribution in [0.5, 0.6) is 0 Å². The second-order valence-corrected chi connectivity index (χ2v) is 5.04.